The zero-order chi connectivity index (χ0) is 13.9. The first kappa shape index (κ1) is 12.8. The number of carbonyl (C=O) groups excluding carboxylic acids is 1. The summed E-state index contributed by atoms with van der Waals surface area (Å²) in [5.41, 5.74) is 1.19. The van der Waals surface area contributed by atoms with Gasteiger partial charge in [-0.2, -0.15) is 0 Å². The highest BCUT2D eigenvalue weighted by molar-refractivity contribution is 5.79. The van der Waals surface area contributed by atoms with Gasteiger partial charge in [0.2, 0.25) is 5.91 Å². The van der Waals surface area contributed by atoms with Gasteiger partial charge in [0.1, 0.15) is 5.82 Å². The number of halogens is 1. The van der Waals surface area contributed by atoms with E-state index in [0.29, 0.717) is 12.2 Å². The molecular formula is C14H15FN4O. The number of rotatable bonds is 4. The maximum atomic E-state index is 14.0. The van der Waals surface area contributed by atoms with Crippen molar-refractivity contribution >= 4 is 5.91 Å². The van der Waals surface area contributed by atoms with Gasteiger partial charge in [0.05, 0.1) is 17.9 Å². The highest BCUT2D eigenvalue weighted by Crippen LogP contribution is 2.15. The lowest BCUT2D eigenvalue weighted by Crippen LogP contribution is -2.50. The number of aromatic nitrogens is 2. The molecule has 0 bridgehead atoms. The van der Waals surface area contributed by atoms with Gasteiger partial charge >= 0.3 is 0 Å². The Bertz CT molecular complexity index is 608. The van der Waals surface area contributed by atoms with Crippen LogP contribution in [-0.4, -0.2) is 28.5 Å². The molecule has 0 aliphatic carbocycles. The van der Waals surface area contributed by atoms with Crippen LogP contribution in [0.2, 0.25) is 0 Å². The van der Waals surface area contributed by atoms with Gasteiger partial charge in [0.15, 0.2) is 0 Å². The molecule has 3 rings (SSSR count). The van der Waals surface area contributed by atoms with Gasteiger partial charge in [-0.05, 0) is 17.7 Å². The van der Waals surface area contributed by atoms with Crippen molar-refractivity contribution in [1.82, 2.24) is 20.2 Å². The van der Waals surface area contributed by atoms with Crippen LogP contribution in [0.3, 0.4) is 0 Å². The summed E-state index contributed by atoms with van der Waals surface area (Å²) in [5.74, 6) is -0.270. The molecule has 1 aliphatic heterocycles. The summed E-state index contributed by atoms with van der Waals surface area (Å²) < 4.78 is 15.6. The Labute approximate surface area is 115 Å². The molecule has 6 heteroatoms. The van der Waals surface area contributed by atoms with Crippen LogP contribution in [0.25, 0.3) is 5.69 Å². The van der Waals surface area contributed by atoms with Crippen LogP contribution in [-0.2, 0) is 11.3 Å². The van der Waals surface area contributed by atoms with Crippen molar-refractivity contribution in [2.75, 3.05) is 13.1 Å². The van der Waals surface area contributed by atoms with Crippen molar-refractivity contribution in [2.24, 2.45) is 5.92 Å². The van der Waals surface area contributed by atoms with E-state index in [2.05, 4.69) is 15.6 Å². The molecule has 1 aromatic carbocycles. The predicted molar refractivity (Wildman–Crippen MR) is 71.7 cm³/mol. The predicted octanol–water partition coefficient (Wildman–Crippen LogP) is 0.847. The lowest BCUT2D eigenvalue weighted by atomic mass is 10.0. The molecule has 0 saturated carbocycles. The second kappa shape index (κ2) is 5.42. The van der Waals surface area contributed by atoms with Crippen LogP contribution in [0.15, 0.2) is 36.9 Å². The van der Waals surface area contributed by atoms with Crippen LogP contribution in [0.1, 0.15) is 5.56 Å². The molecule has 5 nitrogen and oxygen atoms in total. The number of benzene rings is 1. The van der Waals surface area contributed by atoms with Crippen LogP contribution in [0.5, 0.6) is 0 Å². The van der Waals surface area contributed by atoms with Gasteiger partial charge in [0.25, 0.3) is 0 Å². The summed E-state index contributed by atoms with van der Waals surface area (Å²) in [5, 5.41) is 5.86. The van der Waals surface area contributed by atoms with Gasteiger partial charge in [0, 0.05) is 32.0 Å². The Hall–Kier alpha value is -2.21. The maximum absolute atomic E-state index is 14.0. The minimum absolute atomic E-state index is 0.0165. The molecule has 1 fully saturated rings. The summed E-state index contributed by atoms with van der Waals surface area (Å²) in [6.45, 7) is 1.79. The fourth-order valence-electron chi connectivity index (χ4n) is 2.08. The van der Waals surface area contributed by atoms with E-state index in [-0.39, 0.29) is 17.6 Å². The normalized spacial score (nSPS) is 14.8. The molecule has 1 aliphatic rings. The first-order valence-corrected chi connectivity index (χ1v) is 6.49. The van der Waals surface area contributed by atoms with Crippen molar-refractivity contribution < 1.29 is 9.18 Å². The van der Waals surface area contributed by atoms with Gasteiger partial charge < -0.3 is 15.2 Å². The van der Waals surface area contributed by atoms with E-state index in [1.807, 2.05) is 0 Å². The van der Waals surface area contributed by atoms with E-state index >= 15 is 0 Å². The molecule has 2 N–H and O–H groups in total. The molecule has 0 spiro atoms. The highest BCUT2D eigenvalue weighted by Gasteiger charge is 2.24. The molecule has 2 aromatic rings. The van der Waals surface area contributed by atoms with Crippen molar-refractivity contribution in [3.05, 3.63) is 48.3 Å². The van der Waals surface area contributed by atoms with Crippen LogP contribution < -0.4 is 10.6 Å². The van der Waals surface area contributed by atoms with Gasteiger partial charge in [-0.1, -0.05) is 6.07 Å². The maximum Gasteiger partial charge on any atom is 0.225 e. The zero-order valence-corrected chi connectivity index (χ0v) is 10.8. The third kappa shape index (κ3) is 2.55. The standard InChI is InChI=1S/C14H15FN4O/c15-12-5-10(6-18-14(20)11-7-17-8-11)1-2-13(12)19-4-3-16-9-19/h1-5,9,11,17H,6-8H2,(H,18,20). The number of imidazole rings is 1. The minimum Gasteiger partial charge on any atom is -0.352 e. The summed E-state index contributed by atoms with van der Waals surface area (Å²) in [4.78, 5) is 15.6. The van der Waals surface area contributed by atoms with Crippen LogP contribution in [0, 0.1) is 11.7 Å². The van der Waals surface area contributed by atoms with E-state index in [0.717, 1.165) is 18.7 Å². The second-order valence-electron chi connectivity index (χ2n) is 4.83. The van der Waals surface area contributed by atoms with Crippen LogP contribution >= 0.6 is 0 Å². The largest absolute Gasteiger partial charge is 0.352 e. The lowest BCUT2D eigenvalue weighted by Gasteiger charge is -2.25. The topological polar surface area (TPSA) is 59.0 Å². The number of nitrogens with one attached hydrogen (secondary N) is 2. The zero-order valence-electron chi connectivity index (χ0n) is 10.8. The lowest BCUT2D eigenvalue weighted by molar-refractivity contribution is -0.126. The van der Waals surface area contributed by atoms with Crippen molar-refractivity contribution in [3.8, 4) is 5.69 Å². The SMILES string of the molecule is O=C(NCc1ccc(-n2ccnc2)c(F)c1)C1CNC1. The smallest absolute Gasteiger partial charge is 0.225 e. The summed E-state index contributed by atoms with van der Waals surface area (Å²) >= 11 is 0. The summed E-state index contributed by atoms with van der Waals surface area (Å²) in [6.07, 6.45) is 4.83. The number of hydrogen-bond donors (Lipinski definition) is 2. The Morgan fingerprint density at radius 1 is 1.50 bits per heavy atom. The molecule has 20 heavy (non-hydrogen) atoms. The molecule has 0 radical (unpaired) electrons. The van der Waals surface area contributed by atoms with Gasteiger partial charge in [-0.15, -0.1) is 0 Å². The Balaban J connectivity index is 1.66. The second-order valence-corrected chi connectivity index (χ2v) is 4.83. The molecular weight excluding hydrogens is 259 g/mol. The molecule has 1 aromatic heterocycles. The summed E-state index contributed by atoms with van der Waals surface area (Å²) in [7, 11) is 0. The fourth-order valence-corrected chi connectivity index (χ4v) is 2.08. The number of amides is 1. The Morgan fingerprint density at radius 3 is 2.95 bits per heavy atom. The van der Waals surface area contributed by atoms with E-state index in [1.165, 1.54) is 6.07 Å². The van der Waals surface area contributed by atoms with E-state index < -0.39 is 0 Å². The van der Waals surface area contributed by atoms with Crippen molar-refractivity contribution in [3.63, 3.8) is 0 Å². The third-order valence-electron chi connectivity index (χ3n) is 3.41. The van der Waals surface area contributed by atoms with E-state index in [1.54, 1.807) is 35.4 Å². The van der Waals surface area contributed by atoms with E-state index in [9.17, 15) is 9.18 Å². The first-order valence-electron chi connectivity index (χ1n) is 6.49. The molecule has 1 amide bonds. The molecule has 0 unspecified atom stereocenters. The number of nitrogens with zero attached hydrogens (tertiary/aromatic N) is 2. The molecule has 1 saturated heterocycles. The molecule has 0 atom stereocenters. The Kier molecular flexibility index (Phi) is 3.47. The number of hydrogen-bond acceptors (Lipinski definition) is 3. The average molecular weight is 274 g/mol. The molecule has 2 heterocycles. The van der Waals surface area contributed by atoms with Crippen molar-refractivity contribution in [1.29, 1.82) is 0 Å². The average Bonchev–Trinajstić information content (AvgIpc) is 2.88. The quantitative estimate of drug-likeness (QED) is 0.869. The first-order chi connectivity index (χ1) is 9.74. The minimum atomic E-state index is -0.333. The van der Waals surface area contributed by atoms with Gasteiger partial charge in [-0.3, -0.25) is 4.79 Å². The van der Waals surface area contributed by atoms with Gasteiger partial charge in [-0.25, -0.2) is 9.37 Å². The van der Waals surface area contributed by atoms with E-state index in [4.69, 9.17) is 0 Å². The summed E-state index contributed by atoms with van der Waals surface area (Å²) in [6, 6.07) is 4.93. The fraction of sp³-hybridized carbons (Fsp3) is 0.286. The monoisotopic (exact) mass is 274 g/mol. The number of carbonyl (C=O) groups is 1. The van der Waals surface area contributed by atoms with Crippen LogP contribution in [0.4, 0.5) is 4.39 Å². The molecule has 104 valence electrons. The third-order valence-corrected chi connectivity index (χ3v) is 3.41. The highest BCUT2D eigenvalue weighted by atomic mass is 19.1. The van der Waals surface area contributed by atoms with Crippen molar-refractivity contribution in [2.45, 2.75) is 6.54 Å². The Morgan fingerprint density at radius 2 is 2.35 bits per heavy atom.